The summed E-state index contributed by atoms with van der Waals surface area (Å²) in [5, 5.41) is 16.5. The second-order valence-electron chi connectivity index (χ2n) is 8.86. The van der Waals surface area contributed by atoms with Crippen LogP contribution in [0.2, 0.25) is 5.02 Å². The van der Waals surface area contributed by atoms with Gasteiger partial charge in [0.1, 0.15) is 6.04 Å². The normalized spacial score (nSPS) is 17.9. The maximum atomic E-state index is 14.4. The van der Waals surface area contributed by atoms with Crippen molar-refractivity contribution in [1.29, 1.82) is 0 Å². The number of aliphatic hydroxyl groups is 1. The molecule has 37 heavy (non-hydrogen) atoms. The number of hydrogen-bond donors (Lipinski definition) is 3. The number of carbonyl (C=O) groups is 3. The van der Waals surface area contributed by atoms with Crippen LogP contribution in [-0.4, -0.2) is 58.4 Å². The van der Waals surface area contributed by atoms with E-state index in [0.717, 1.165) is 0 Å². The van der Waals surface area contributed by atoms with Crippen LogP contribution in [0.15, 0.2) is 54.6 Å². The molecule has 10 heteroatoms. The lowest BCUT2D eigenvalue weighted by Crippen LogP contribution is -2.55. The van der Waals surface area contributed by atoms with Crippen molar-refractivity contribution in [3.8, 4) is 12.3 Å². The largest absolute Gasteiger partial charge is 0.381 e. The van der Waals surface area contributed by atoms with Gasteiger partial charge in [-0.05, 0) is 23.6 Å². The van der Waals surface area contributed by atoms with Gasteiger partial charge in [-0.2, -0.15) is 0 Å². The van der Waals surface area contributed by atoms with Crippen LogP contribution in [-0.2, 0) is 27.3 Å². The molecule has 0 radical (unpaired) electrons. The average molecular weight is 532 g/mol. The van der Waals surface area contributed by atoms with E-state index < -0.39 is 54.8 Å². The van der Waals surface area contributed by atoms with Crippen LogP contribution in [0.4, 0.5) is 8.78 Å². The molecule has 1 fully saturated rings. The van der Waals surface area contributed by atoms with Crippen LogP contribution >= 0.6 is 11.6 Å². The summed E-state index contributed by atoms with van der Waals surface area (Å²) in [5.74, 6) is -3.35. The highest BCUT2D eigenvalue weighted by molar-refractivity contribution is 6.31. The Bertz CT molecular complexity index is 1160. The summed E-state index contributed by atoms with van der Waals surface area (Å²) in [6, 6.07) is 12.9. The number of likely N-dealkylation sites (tertiary alicyclic amines) is 1. The van der Waals surface area contributed by atoms with E-state index in [0.29, 0.717) is 21.0 Å². The zero-order chi connectivity index (χ0) is 27.0. The Hall–Kier alpha value is -3.48. The van der Waals surface area contributed by atoms with Gasteiger partial charge in [-0.25, -0.2) is 8.78 Å². The molecule has 2 aromatic rings. The molecule has 3 amide bonds. The van der Waals surface area contributed by atoms with Crippen molar-refractivity contribution in [2.24, 2.45) is 0 Å². The minimum Gasteiger partial charge on any atom is -0.381 e. The summed E-state index contributed by atoms with van der Waals surface area (Å²) >= 11 is 6.09. The fraction of sp³-hybridized carbons (Fsp3) is 0.370. The molecule has 1 saturated heterocycles. The molecule has 0 aromatic heterocycles. The molecule has 1 aliphatic heterocycles. The van der Waals surface area contributed by atoms with Gasteiger partial charge in [0.2, 0.25) is 11.8 Å². The van der Waals surface area contributed by atoms with E-state index in [2.05, 4.69) is 16.6 Å². The molecule has 0 aliphatic carbocycles. The summed E-state index contributed by atoms with van der Waals surface area (Å²) in [7, 11) is 0. The molecule has 196 valence electrons. The third kappa shape index (κ3) is 7.75. The lowest BCUT2D eigenvalue weighted by molar-refractivity contribution is -0.147. The van der Waals surface area contributed by atoms with Gasteiger partial charge in [0.15, 0.2) is 6.10 Å². The zero-order valence-electron chi connectivity index (χ0n) is 20.0. The summed E-state index contributed by atoms with van der Waals surface area (Å²) < 4.78 is 28.8. The predicted octanol–water partition coefficient (Wildman–Crippen LogP) is 2.69. The number of amides is 3. The SMILES string of the molecule is C#CCCC(=O)N[C@@H](Cc1ccccc1)[C@H](O)C(=O)N1CC(F)(F)C[C@H]1C(=O)NCc1ccccc1Cl. The number of aliphatic hydroxyl groups excluding tert-OH is 1. The minimum absolute atomic E-state index is 0.0208. The number of nitrogens with zero attached hydrogens (tertiary/aromatic N) is 1. The highest BCUT2D eigenvalue weighted by Crippen LogP contribution is 2.33. The minimum atomic E-state index is -3.33. The van der Waals surface area contributed by atoms with Crippen LogP contribution in [0.5, 0.6) is 0 Å². The Labute approximate surface area is 219 Å². The molecule has 0 spiro atoms. The number of benzene rings is 2. The smallest absolute Gasteiger partial charge is 0.267 e. The van der Waals surface area contributed by atoms with Crippen molar-refractivity contribution in [2.45, 2.75) is 56.3 Å². The maximum absolute atomic E-state index is 14.4. The van der Waals surface area contributed by atoms with Gasteiger partial charge in [0.05, 0.1) is 12.6 Å². The molecule has 0 saturated carbocycles. The highest BCUT2D eigenvalue weighted by atomic mass is 35.5. The van der Waals surface area contributed by atoms with Gasteiger partial charge in [0.25, 0.3) is 11.8 Å². The molecule has 3 N–H and O–H groups in total. The Morgan fingerprint density at radius 2 is 1.84 bits per heavy atom. The van der Waals surface area contributed by atoms with E-state index in [1.54, 1.807) is 54.6 Å². The zero-order valence-corrected chi connectivity index (χ0v) is 20.8. The van der Waals surface area contributed by atoms with Gasteiger partial charge in [-0.3, -0.25) is 14.4 Å². The van der Waals surface area contributed by atoms with Crippen LogP contribution in [0.3, 0.4) is 0 Å². The number of alkyl halides is 2. The van der Waals surface area contributed by atoms with Crippen molar-refractivity contribution in [2.75, 3.05) is 6.54 Å². The molecular weight excluding hydrogens is 504 g/mol. The van der Waals surface area contributed by atoms with Gasteiger partial charge < -0.3 is 20.6 Å². The van der Waals surface area contributed by atoms with Crippen LogP contribution < -0.4 is 10.6 Å². The average Bonchev–Trinajstić information content (AvgIpc) is 3.21. The molecule has 0 bridgehead atoms. The first kappa shape index (κ1) is 28.1. The van der Waals surface area contributed by atoms with Gasteiger partial charge in [0, 0.05) is 30.8 Å². The van der Waals surface area contributed by atoms with E-state index in [1.807, 2.05) is 0 Å². The van der Waals surface area contributed by atoms with E-state index >= 15 is 0 Å². The first-order valence-electron chi connectivity index (χ1n) is 11.8. The molecule has 0 unspecified atom stereocenters. The number of rotatable bonds is 10. The van der Waals surface area contributed by atoms with Crippen molar-refractivity contribution >= 4 is 29.3 Å². The molecule has 7 nitrogen and oxygen atoms in total. The number of nitrogens with one attached hydrogen (secondary N) is 2. The number of hydrogen-bond acceptors (Lipinski definition) is 4. The number of carbonyl (C=O) groups excluding carboxylic acids is 3. The standard InChI is InChI=1S/C27H28ClF2N3O4/c1-2-3-13-23(34)32-21(14-18-9-5-4-6-10-18)24(35)26(37)33-17-27(29,30)15-22(33)25(36)31-16-19-11-7-8-12-20(19)28/h1,4-12,21-22,24,35H,3,13-17H2,(H,31,36)(H,32,34)/t21-,22-,24-/m0/s1. The van der Waals surface area contributed by atoms with E-state index in [-0.39, 0.29) is 25.8 Å². The number of terminal acetylenes is 1. The van der Waals surface area contributed by atoms with Crippen molar-refractivity contribution in [3.05, 3.63) is 70.7 Å². The van der Waals surface area contributed by atoms with E-state index in [9.17, 15) is 28.3 Å². The molecule has 1 aliphatic rings. The third-order valence-corrected chi connectivity index (χ3v) is 6.41. The summed E-state index contributed by atoms with van der Waals surface area (Å²) in [4.78, 5) is 39.1. The predicted molar refractivity (Wildman–Crippen MR) is 135 cm³/mol. The topological polar surface area (TPSA) is 98.7 Å². The quantitative estimate of drug-likeness (QED) is 0.411. The summed E-state index contributed by atoms with van der Waals surface area (Å²) in [6.45, 7) is -1.05. The Balaban J connectivity index is 1.76. The van der Waals surface area contributed by atoms with E-state index in [4.69, 9.17) is 18.0 Å². The lowest BCUT2D eigenvalue weighted by atomic mass is 9.99. The summed E-state index contributed by atoms with van der Waals surface area (Å²) in [5.41, 5.74) is 1.29. The summed E-state index contributed by atoms with van der Waals surface area (Å²) in [6.07, 6.45) is 2.62. The Morgan fingerprint density at radius 3 is 2.51 bits per heavy atom. The maximum Gasteiger partial charge on any atom is 0.267 e. The fourth-order valence-electron chi connectivity index (χ4n) is 4.14. The van der Waals surface area contributed by atoms with Crippen molar-refractivity contribution in [3.63, 3.8) is 0 Å². The monoisotopic (exact) mass is 531 g/mol. The number of halogens is 3. The fourth-order valence-corrected chi connectivity index (χ4v) is 4.34. The molecule has 1 heterocycles. The third-order valence-electron chi connectivity index (χ3n) is 6.04. The van der Waals surface area contributed by atoms with Crippen molar-refractivity contribution < 1.29 is 28.3 Å². The molecule has 3 rings (SSSR count). The Kier molecular flexibility index (Phi) is 9.61. The van der Waals surface area contributed by atoms with Gasteiger partial charge >= 0.3 is 0 Å². The lowest BCUT2D eigenvalue weighted by Gasteiger charge is -2.30. The van der Waals surface area contributed by atoms with Crippen molar-refractivity contribution in [1.82, 2.24) is 15.5 Å². The molecule has 3 atom stereocenters. The first-order chi connectivity index (χ1) is 17.6. The Morgan fingerprint density at radius 1 is 1.16 bits per heavy atom. The van der Waals surface area contributed by atoms with Gasteiger partial charge in [-0.15, -0.1) is 12.3 Å². The van der Waals surface area contributed by atoms with Crippen LogP contribution in [0, 0.1) is 12.3 Å². The highest BCUT2D eigenvalue weighted by Gasteiger charge is 2.51. The second-order valence-corrected chi connectivity index (χ2v) is 9.27. The second kappa shape index (κ2) is 12.7. The first-order valence-corrected chi connectivity index (χ1v) is 12.1. The molecular formula is C27H28ClF2N3O4. The van der Waals surface area contributed by atoms with Gasteiger partial charge in [-0.1, -0.05) is 60.1 Å². The van der Waals surface area contributed by atoms with E-state index in [1.165, 1.54) is 0 Å². The molecule has 2 aromatic carbocycles. The van der Waals surface area contributed by atoms with Crippen LogP contribution in [0.1, 0.15) is 30.4 Å². The van der Waals surface area contributed by atoms with Crippen LogP contribution in [0.25, 0.3) is 0 Å².